The van der Waals surface area contributed by atoms with Crippen LogP contribution in [-0.2, 0) is 16.2 Å². The van der Waals surface area contributed by atoms with Gasteiger partial charge < -0.3 is 10.2 Å². The fraction of sp³-hybridized carbons (Fsp3) is 0.316. The van der Waals surface area contributed by atoms with Crippen molar-refractivity contribution in [2.45, 2.75) is 17.5 Å². The normalized spacial score (nSPS) is 12.1. The first-order chi connectivity index (χ1) is 13.9. The van der Waals surface area contributed by atoms with Crippen LogP contribution in [0.4, 0.5) is 18.9 Å². The second-order valence-corrected chi connectivity index (χ2v) is 8.83. The second kappa shape index (κ2) is 9.67. The van der Waals surface area contributed by atoms with Crippen molar-refractivity contribution >= 4 is 33.2 Å². The summed E-state index contributed by atoms with van der Waals surface area (Å²) in [4.78, 5) is 14.0. The van der Waals surface area contributed by atoms with E-state index in [1.165, 1.54) is 18.2 Å². The smallest absolute Gasteiger partial charge is 0.352 e. The van der Waals surface area contributed by atoms with Gasteiger partial charge in [0.15, 0.2) is 0 Å². The van der Waals surface area contributed by atoms with Crippen molar-refractivity contribution in [3.63, 3.8) is 0 Å². The van der Waals surface area contributed by atoms with Crippen molar-refractivity contribution in [3.8, 4) is 0 Å². The highest BCUT2D eigenvalue weighted by atomic mass is 35.5. The molecule has 30 heavy (non-hydrogen) atoms. The molecule has 0 atom stereocenters. The predicted octanol–water partition coefficient (Wildman–Crippen LogP) is 3.84. The fourth-order valence-corrected chi connectivity index (χ4v) is 3.79. The van der Waals surface area contributed by atoms with E-state index in [-0.39, 0.29) is 21.2 Å². The molecular formula is C19H21ClF3N3O3S. The van der Waals surface area contributed by atoms with Crippen molar-refractivity contribution in [2.75, 3.05) is 31.9 Å². The van der Waals surface area contributed by atoms with Crippen LogP contribution in [0.2, 0.25) is 5.02 Å². The molecule has 0 saturated carbocycles. The lowest BCUT2D eigenvalue weighted by molar-refractivity contribution is -0.137. The Hall–Kier alpha value is -2.30. The third kappa shape index (κ3) is 6.61. The maximum absolute atomic E-state index is 12.8. The number of nitrogens with one attached hydrogen (secondary N) is 2. The Morgan fingerprint density at radius 1 is 1.13 bits per heavy atom. The van der Waals surface area contributed by atoms with Gasteiger partial charge in [0.25, 0.3) is 15.9 Å². The van der Waals surface area contributed by atoms with Gasteiger partial charge in [-0.05, 0) is 63.5 Å². The number of carbonyl (C=O) groups is 1. The standard InChI is InChI=1S/C19H21ClF3N3O3S/c1-26(2)10-4-9-24-18(27)16-12-15(7-8-17(16)20)30(28,29)25-14-6-3-5-13(11-14)19(21,22)23/h3,5-8,11-12,25H,4,9-10H2,1-2H3,(H,24,27). The van der Waals surface area contributed by atoms with Crippen molar-refractivity contribution in [3.05, 3.63) is 58.6 Å². The summed E-state index contributed by atoms with van der Waals surface area (Å²) >= 11 is 6.03. The van der Waals surface area contributed by atoms with Gasteiger partial charge in [-0.25, -0.2) is 8.42 Å². The SMILES string of the molecule is CN(C)CCCNC(=O)c1cc(S(=O)(=O)Nc2cccc(C(F)(F)F)c2)ccc1Cl. The van der Waals surface area contributed by atoms with Gasteiger partial charge in [-0.3, -0.25) is 9.52 Å². The first-order valence-electron chi connectivity index (χ1n) is 8.83. The quantitative estimate of drug-likeness (QED) is 0.583. The summed E-state index contributed by atoms with van der Waals surface area (Å²) in [5.41, 5.74) is -1.29. The molecule has 0 aliphatic heterocycles. The highest BCUT2D eigenvalue weighted by Crippen LogP contribution is 2.31. The number of rotatable bonds is 8. The molecule has 11 heteroatoms. The molecule has 0 aliphatic rings. The number of anilines is 1. The molecule has 6 nitrogen and oxygen atoms in total. The van der Waals surface area contributed by atoms with E-state index in [1.807, 2.05) is 19.0 Å². The van der Waals surface area contributed by atoms with E-state index in [0.717, 1.165) is 24.7 Å². The Morgan fingerprint density at radius 2 is 1.83 bits per heavy atom. The number of hydrogen-bond acceptors (Lipinski definition) is 4. The van der Waals surface area contributed by atoms with E-state index >= 15 is 0 Å². The molecule has 164 valence electrons. The maximum atomic E-state index is 12.8. The van der Waals surface area contributed by atoms with Crippen LogP contribution in [0.5, 0.6) is 0 Å². The third-order valence-corrected chi connectivity index (χ3v) is 5.71. The van der Waals surface area contributed by atoms with Gasteiger partial charge in [-0.2, -0.15) is 13.2 Å². The number of nitrogens with zero attached hydrogens (tertiary/aromatic N) is 1. The first kappa shape index (κ1) is 24.0. The molecule has 2 aromatic rings. The van der Waals surface area contributed by atoms with Crippen LogP contribution in [0.1, 0.15) is 22.3 Å². The molecule has 1 amide bonds. The van der Waals surface area contributed by atoms with Crippen LogP contribution in [0.3, 0.4) is 0 Å². The minimum Gasteiger partial charge on any atom is -0.352 e. The highest BCUT2D eigenvalue weighted by molar-refractivity contribution is 7.92. The average Bonchev–Trinajstić information content (AvgIpc) is 2.64. The largest absolute Gasteiger partial charge is 0.416 e. The average molecular weight is 464 g/mol. The number of halogens is 4. The summed E-state index contributed by atoms with van der Waals surface area (Å²) in [6.07, 6.45) is -3.93. The molecule has 0 saturated heterocycles. The molecule has 0 radical (unpaired) electrons. The summed E-state index contributed by atoms with van der Waals surface area (Å²) in [5.74, 6) is -0.546. The zero-order valence-electron chi connectivity index (χ0n) is 16.3. The van der Waals surface area contributed by atoms with Crippen LogP contribution in [0.25, 0.3) is 0 Å². The van der Waals surface area contributed by atoms with E-state index < -0.39 is 27.7 Å². The predicted molar refractivity (Wildman–Crippen MR) is 109 cm³/mol. The lowest BCUT2D eigenvalue weighted by atomic mass is 10.2. The third-order valence-electron chi connectivity index (χ3n) is 4.00. The molecule has 0 bridgehead atoms. The number of alkyl halides is 3. The van der Waals surface area contributed by atoms with Crippen LogP contribution < -0.4 is 10.0 Å². The molecule has 0 aliphatic carbocycles. The minimum absolute atomic E-state index is 0.0477. The summed E-state index contributed by atoms with van der Waals surface area (Å²) in [6.45, 7) is 1.12. The van der Waals surface area contributed by atoms with Crippen molar-refractivity contribution in [2.24, 2.45) is 0 Å². The van der Waals surface area contributed by atoms with Gasteiger partial charge in [-0.15, -0.1) is 0 Å². The van der Waals surface area contributed by atoms with E-state index in [9.17, 15) is 26.4 Å². The van der Waals surface area contributed by atoms with Crippen molar-refractivity contribution in [1.82, 2.24) is 10.2 Å². The van der Waals surface area contributed by atoms with Crippen molar-refractivity contribution in [1.29, 1.82) is 0 Å². The van der Waals surface area contributed by atoms with Gasteiger partial charge in [0.2, 0.25) is 0 Å². The number of amides is 1. The Kier molecular flexibility index (Phi) is 7.73. The number of hydrogen-bond donors (Lipinski definition) is 2. The molecule has 0 aromatic heterocycles. The summed E-state index contributed by atoms with van der Waals surface area (Å²) in [7, 11) is -0.461. The first-order valence-corrected chi connectivity index (χ1v) is 10.7. The molecule has 0 spiro atoms. The molecule has 2 N–H and O–H groups in total. The Labute approximate surface area is 178 Å². The van der Waals surface area contributed by atoms with Gasteiger partial charge >= 0.3 is 6.18 Å². The Morgan fingerprint density at radius 3 is 2.47 bits per heavy atom. The topological polar surface area (TPSA) is 78.5 Å². The summed E-state index contributed by atoms with van der Waals surface area (Å²) in [5, 5.41) is 2.71. The van der Waals surface area contributed by atoms with Crippen LogP contribution >= 0.6 is 11.6 Å². The Balaban J connectivity index is 2.20. The van der Waals surface area contributed by atoms with Gasteiger partial charge in [-0.1, -0.05) is 17.7 Å². The number of benzene rings is 2. The lowest BCUT2D eigenvalue weighted by Crippen LogP contribution is -2.27. The van der Waals surface area contributed by atoms with E-state index in [0.29, 0.717) is 19.0 Å². The van der Waals surface area contributed by atoms with Gasteiger partial charge in [0.1, 0.15) is 0 Å². The van der Waals surface area contributed by atoms with Crippen molar-refractivity contribution < 1.29 is 26.4 Å². The zero-order valence-corrected chi connectivity index (χ0v) is 17.8. The molecule has 2 aromatic carbocycles. The number of carbonyl (C=O) groups excluding carboxylic acids is 1. The summed E-state index contributed by atoms with van der Waals surface area (Å²) in [6, 6.07) is 7.30. The maximum Gasteiger partial charge on any atom is 0.416 e. The molecule has 2 rings (SSSR count). The van der Waals surface area contributed by atoms with Crippen LogP contribution in [-0.4, -0.2) is 46.4 Å². The van der Waals surface area contributed by atoms with E-state index in [1.54, 1.807) is 0 Å². The Bertz CT molecular complexity index is 1010. The number of sulfonamides is 1. The lowest BCUT2D eigenvalue weighted by Gasteiger charge is -2.13. The fourth-order valence-electron chi connectivity index (χ4n) is 2.51. The van der Waals surface area contributed by atoms with E-state index in [2.05, 4.69) is 10.0 Å². The molecule has 0 unspecified atom stereocenters. The van der Waals surface area contributed by atoms with Gasteiger partial charge in [0.05, 0.1) is 21.0 Å². The van der Waals surface area contributed by atoms with Crippen LogP contribution in [0, 0.1) is 0 Å². The summed E-state index contributed by atoms with van der Waals surface area (Å²) < 4.78 is 65.8. The minimum atomic E-state index is -4.61. The van der Waals surface area contributed by atoms with E-state index in [4.69, 9.17) is 11.6 Å². The second-order valence-electron chi connectivity index (χ2n) is 6.74. The molecule has 0 heterocycles. The van der Waals surface area contributed by atoms with Gasteiger partial charge in [0, 0.05) is 12.2 Å². The zero-order chi connectivity index (χ0) is 22.5. The molecular weight excluding hydrogens is 443 g/mol. The highest BCUT2D eigenvalue weighted by Gasteiger charge is 2.30. The van der Waals surface area contributed by atoms with Crippen LogP contribution in [0.15, 0.2) is 47.4 Å². The monoisotopic (exact) mass is 463 g/mol. The molecule has 0 fully saturated rings.